The minimum atomic E-state index is -0.549. The molecule has 3 aliphatic carbocycles. The molecule has 0 saturated carbocycles. The zero-order valence-electron chi connectivity index (χ0n) is 36.7. The van der Waals surface area contributed by atoms with Crippen LogP contribution in [0.2, 0.25) is 0 Å². The van der Waals surface area contributed by atoms with E-state index in [1.165, 1.54) is 115 Å². The van der Waals surface area contributed by atoms with E-state index in [1.807, 2.05) is 11.3 Å². The second-order valence-electron chi connectivity index (χ2n) is 18.7. The van der Waals surface area contributed by atoms with Gasteiger partial charge >= 0.3 is 0 Å². The van der Waals surface area contributed by atoms with Crippen molar-refractivity contribution in [2.24, 2.45) is 0 Å². The average Bonchev–Trinajstić information content (AvgIpc) is 4.06. The van der Waals surface area contributed by atoms with Crippen LogP contribution in [0.5, 0.6) is 0 Å². The Labute approximate surface area is 389 Å². The van der Waals surface area contributed by atoms with Crippen LogP contribution in [-0.4, -0.2) is 0 Å². The highest BCUT2D eigenvalue weighted by Gasteiger charge is 2.53. The molecule has 0 atom stereocenters. The van der Waals surface area contributed by atoms with Gasteiger partial charge in [-0.15, -0.1) is 11.3 Å². The molecule has 0 fully saturated rings. The fourth-order valence-electron chi connectivity index (χ4n) is 12.2. The molecule has 0 aliphatic heterocycles. The third kappa shape index (κ3) is 5.05. The SMILES string of the molecule is CC1(C)c2ccccc2-c2ccc(N(c3ccc(-c4ccccc4)cc3)c3c4c(cc5sc6ccccc6c35)C3(c5ccccc5-c5ccccc53)c3cc(-c5ccccc5)ccc3-4)cc21. The summed E-state index contributed by atoms with van der Waals surface area (Å²) in [7, 11) is 0. The van der Waals surface area contributed by atoms with Crippen LogP contribution in [0.4, 0.5) is 17.1 Å². The van der Waals surface area contributed by atoms with Gasteiger partial charge in [-0.05, 0) is 126 Å². The largest absolute Gasteiger partial charge is 0.309 e. The highest BCUT2D eigenvalue weighted by atomic mass is 32.1. The molecule has 1 nitrogen and oxygen atoms in total. The summed E-state index contributed by atoms with van der Waals surface area (Å²) in [5.41, 5.74) is 23.6. The minimum absolute atomic E-state index is 0.171. The first kappa shape index (κ1) is 37.6. The van der Waals surface area contributed by atoms with E-state index in [4.69, 9.17) is 0 Å². The van der Waals surface area contributed by atoms with E-state index in [1.54, 1.807) is 0 Å². The lowest BCUT2D eigenvalue weighted by atomic mass is 9.70. The summed E-state index contributed by atoms with van der Waals surface area (Å²) in [6, 6.07) is 84.6. The van der Waals surface area contributed by atoms with Crippen molar-refractivity contribution in [1.82, 2.24) is 0 Å². The van der Waals surface area contributed by atoms with Crippen molar-refractivity contribution >= 4 is 48.6 Å². The average molecular weight is 858 g/mol. The van der Waals surface area contributed by atoms with E-state index in [0.717, 1.165) is 11.4 Å². The number of benzene rings is 10. The van der Waals surface area contributed by atoms with Gasteiger partial charge in [-0.3, -0.25) is 0 Å². The summed E-state index contributed by atoms with van der Waals surface area (Å²) in [6.07, 6.45) is 0. The van der Waals surface area contributed by atoms with Crippen molar-refractivity contribution in [1.29, 1.82) is 0 Å². The van der Waals surface area contributed by atoms with Crippen LogP contribution in [0, 0.1) is 0 Å². The quantitative estimate of drug-likeness (QED) is 0.167. The van der Waals surface area contributed by atoms with E-state index in [2.05, 4.69) is 243 Å². The Hall–Kier alpha value is -7.78. The minimum Gasteiger partial charge on any atom is -0.309 e. The van der Waals surface area contributed by atoms with Gasteiger partial charge < -0.3 is 4.90 Å². The van der Waals surface area contributed by atoms with Gasteiger partial charge in [0.15, 0.2) is 0 Å². The molecule has 10 aromatic carbocycles. The van der Waals surface area contributed by atoms with Gasteiger partial charge in [-0.2, -0.15) is 0 Å². The first-order chi connectivity index (χ1) is 32.5. The number of anilines is 3. The van der Waals surface area contributed by atoms with Crippen molar-refractivity contribution in [2.45, 2.75) is 24.7 Å². The first-order valence-corrected chi connectivity index (χ1v) is 23.9. The summed E-state index contributed by atoms with van der Waals surface area (Å²) in [5.74, 6) is 0. The predicted molar refractivity (Wildman–Crippen MR) is 279 cm³/mol. The molecule has 1 aromatic heterocycles. The van der Waals surface area contributed by atoms with Crippen LogP contribution in [0.25, 0.3) is 75.8 Å². The molecule has 0 radical (unpaired) electrons. The van der Waals surface area contributed by atoms with Gasteiger partial charge in [0.25, 0.3) is 0 Å². The lowest BCUT2D eigenvalue weighted by molar-refractivity contribution is 0.660. The van der Waals surface area contributed by atoms with Crippen LogP contribution in [-0.2, 0) is 10.8 Å². The topological polar surface area (TPSA) is 3.24 Å². The van der Waals surface area contributed by atoms with Gasteiger partial charge in [-0.1, -0.05) is 196 Å². The zero-order valence-corrected chi connectivity index (χ0v) is 37.5. The normalized spacial score (nSPS) is 14.2. The van der Waals surface area contributed by atoms with E-state index in [0.29, 0.717) is 0 Å². The number of hydrogen-bond acceptors (Lipinski definition) is 2. The summed E-state index contributed by atoms with van der Waals surface area (Å²) in [6.45, 7) is 4.79. The Morgan fingerprint density at radius 2 is 0.864 bits per heavy atom. The van der Waals surface area contributed by atoms with Crippen LogP contribution >= 0.6 is 11.3 Å². The van der Waals surface area contributed by atoms with Crippen molar-refractivity contribution < 1.29 is 0 Å². The Balaban J connectivity index is 1.14. The number of hydrogen-bond donors (Lipinski definition) is 0. The van der Waals surface area contributed by atoms with Crippen molar-refractivity contribution in [3.63, 3.8) is 0 Å². The lowest BCUT2D eigenvalue weighted by Crippen LogP contribution is -2.26. The van der Waals surface area contributed by atoms with Gasteiger partial charge in [0.2, 0.25) is 0 Å². The molecule has 3 aliphatic rings. The molecule has 0 amide bonds. The van der Waals surface area contributed by atoms with Crippen LogP contribution in [0.1, 0.15) is 47.2 Å². The number of rotatable bonds is 5. The monoisotopic (exact) mass is 857 g/mol. The molecule has 66 heavy (non-hydrogen) atoms. The lowest BCUT2D eigenvalue weighted by Gasteiger charge is -2.33. The number of fused-ring (bicyclic) bond motifs is 16. The maximum absolute atomic E-state index is 2.62. The first-order valence-electron chi connectivity index (χ1n) is 23.1. The van der Waals surface area contributed by atoms with E-state index >= 15 is 0 Å². The second-order valence-corrected chi connectivity index (χ2v) is 19.8. The van der Waals surface area contributed by atoms with E-state index in [9.17, 15) is 0 Å². The third-order valence-electron chi connectivity index (χ3n) is 15.1. The maximum Gasteiger partial charge on any atom is 0.0727 e. The smallest absolute Gasteiger partial charge is 0.0727 e. The molecule has 0 bridgehead atoms. The van der Waals surface area contributed by atoms with Crippen molar-refractivity contribution in [2.75, 3.05) is 4.90 Å². The Bertz CT molecular complexity index is 3740. The van der Waals surface area contributed by atoms with Gasteiger partial charge in [-0.25, -0.2) is 0 Å². The molecular weight excluding hydrogens is 815 g/mol. The van der Waals surface area contributed by atoms with E-state index < -0.39 is 5.41 Å². The summed E-state index contributed by atoms with van der Waals surface area (Å²) in [5, 5.41) is 2.57. The molecule has 0 N–H and O–H groups in total. The Kier molecular flexibility index (Phi) is 7.89. The fourth-order valence-corrected chi connectivity index (χ4v) is 13.3. The zero-order chi connectivity index (χ0) is 43.7. The van der Waals surface area contributed by atoms with Crippen molar-refractivity contribution in [3.05, 3.63) is 258 Å². The third-order valence-corrected chi connectivity index (χ3v) is 16.2. The second kappa shape index (κ2) is 13.9. The fraction of sp³-hybridized carbons (Fsp3) is 0.0625. The van der Waals surface area contributed by atoms with Gasteiger partial charge in [0.05, 0.1) is 11.1 Å². The number of thiophene rings is 1. The van der Waals surface area contributed by atoms with Gasteiger partial charge in [0, 0.05) is 42.5 Å². The van der Waals surface area contributed by atoms with Crippen molar-refractivity contribution in [3.8, 4) is 55.6 Å². The molecule has 11 aromatic rings. The molecule has 1 spiro atoms. The highest BCUT2D eigenvalue weighted by Crippen LogP contribution is 2.67. The van der Waals surface area contributed by atoms with Crippen LogP contribution < -0.4 is 4.90 Å². The molecular formula is C64H43NS. The number of nitrogens with zero attached hydrogens (tertiary/aromatic N) is 1. The molecule has 310 valence electrons. The Morgan fingerprint density at radius 1 is 0.348 bits per heavy atom. The molecule has 0 saturated heterocycles. The summed E-state index contributed by atoms with van der Waals surface area (Å²) < 4.78 is 2.59. The molecule has 1 heterocycles. The summed E-state index contributed by atoms with van der Waals surface area (Å²) in [4.78, 5) is 2.62. The van der Waals surface area contributed by atoms with E-state index in [-0.39, 0.29) is 5.41 Å². The Morgan fingerprint density at radius 3 is 1.56 bits per heavy atom. The molecule has 0 unspecified atom stereocenters. The van der Waals surface area contributed by atoms with Gasteiger partial charge in [0.1, 0.15) is 0 Å². The predicted octanol–water partition coefficient (Wildman–Crippen LogP) is 17.5. The maximum atomic E-state index is 2.62. The van der Waals surface area contributed by atoms with Crippen LogP contribution in [0.3, 0.4) is 0 Å². The standard InChI is InChI=1S/C64H43NS/c1-63(2)52-25-13-9-21-46(52)49-36-34-45(38-55(49)63)65(44-32-29-42(30-33-44)40-17-5-3-6-18-40)62-60-50-35-31-43(41-19-7-4-8-20-41)37-56(50)64(53-26-14-10-22-47(53)48-23-11-15-27-54(48)64)57(60)39-59-61(62)51-24-12-16-28-58(51)66-59/h3-39H,1-2H3. The highest BCUT2D eigenvalue weighted by molar-refractivity contribution is 7.26. The summed E-state index contributed by atoms with van der Waals surface area (Å²) >= 11 is 1.92. The molecule has 2 heteroatoms. The van der Waals surface area contributed by atoms with Crippen LogP contribution in [0.15, 0.2) is 224 Å². The molecule has 14 rings (SSSR count).